The van der Waals surface area contributed by atoms with Crippen LogP contribution in [0.15, 0.2) is 65.3 Å². The molecule has 0 fully saturated rings. The second kappa shape index (κ2) is 9.08. The molecule has 2 heterocycles. The fourth-order valence-electron chi connectivity index (χ4n) is 3.34. The maximum Gasteiger partial charge on any atom is 0.355 e. The monoisotopic (exact) mass is 441 g/mol. The van der Waals surface area contributed by atoms with Crippen molar-refractivity contribution >= 4 is 17.9 Å². The highest BCUT2D eigenvalue weighted by molar-refractivity contribution is 6.07. The van der Waals surface area contributed by atoms with Gasteiger partial charge in [-0.1, -0.05) is 24.1 Å². The van der Waals surface area contributed by atoms with E-state index in [9.17, 15) is 18.8 Å². The molecule has 0 aromatic heterocycles. The van der Waals surface area contributed by atoms with Gasteiger partial charge in [0.25, 0.3) is 0 Å². The van der Waals surface area contributed by atoms with E-state index in [1.54, 1.807) is 24.3 Å². The normalized spacial score (nSPS) is 21.9. The van der Waals surface area contributed by atoms with E-state index in [1.807, 2.05) is 6.07 Å². The predicted molar refractivity (Wildman–Crippen MR) is 109 cm³/mol. The van der Waals surface area contributed by atoms with E-state index >= 15 is 0 Å². The van der Waals surface area contributed by atoms with Crippen molar-refractivity contribution in [1.29, 1.82) is 0 Å². The van der Waals surface area contributed by atoms with Gasteiger partial charge in [-0.05, 0) is 37.1 Å². The van der Waals surface area contributed by atoms with E-state index in [-0.39, 0.29) is 5.70 Å². The molecule has 2 atom stereocenters. The van der Waals surface area contributed by atoms with Gasteiger partial charge in [0.05, 0.1) is 27.0 Å². The third kappa shape index (κ3) is 3.88. The van der Waals surface area contributed by atoms with Crippen LogP contribution in [-0.4, -0.2) is 56.0 Å². The fourth-order valence-corrected chi connectivity index (χ4v) is 3.34. The van der Waals surface area contributed by atoms with Crippen LogP contribution in [0.4, 0.5) is 4.39 Å². The van der Waals surface area contributed by atoms with Crippen molar-refractivity contribution in [2.24, 2.45) is 0 Å². The number of methoxy groups -OCH3 is 3. The van der Waals surface area contributed by atoms with Crippen molar-refractivity contribution in [3.8, 4) is 11.8 Å². The lowest BCUT2D eigenvalue weighted by Crippen LogP contribution is -2.58. The maximum atomic E-state index is 14.9. The number of halogens is 1. The topological polar surface area (TPSA) is 91.4 Å². The average molecular weight is 441 g/mol. The van der Waals surface area contributed by atoms with Gasteiger partial charge in [-0.2, -0.15) is 0 Å². The molecular weight excluding hydrogens is 421 g/mol. The molecular formula is C23H20FNO7. The van der Waals surface area contributed by atoms with Gasteiger partial charge in [0.2, 0.25) is 0 Å². The third-order valence-electron chi connectivity index (χ3n) is 4.88. The molecule has 1 aromatic carbocycles. The lowest BCUT2D eigenvalue weighted by Gasteiger charge is -2.45. The van der Waals surface area contributed by atoms with Gasteiger partial charge in [-0.25, -0.2) is 18.8 Å². The standard InChI is InChI=1S/C23H20FNO7/c1-23(22(28)31-4)17(20(26)29-2)18(21(27)30-3)25-15(12-13-16(24)19(25)32-23)11-10-14-8-6-5-7-9-14/h5-9,12-13,19H,1-4H3. The Balaban J connectivity index is 2.28. The van der Waals surface area contributed by atoms with Crippen LogP contribution in [0.5, 0.6) is 0 Å². The van der Waals surface area contributed by atoms with Crippen molar-refractivity contribution in [1.82, 2.24) is 4.90 Å². The molecule has 0 amide bonds. The Morgan fingerprint density at radius 1 is 1.00 bits per heavy atom. The minimum Gasteiger partial charge on any atom is -0.467 e. The van der Waals surface area contributed by atoms with Crippen molar-refractivity contribution in [2.45, 2.75) is 18.8 Å². The largest absolute Gasteiger partial charge is 0.467 e. The number of nitrogens with zero attached hydrogens (tertiary/aromatic N) is 1. The molecule has 0 saturated carbocycles. The summed E-state index contributed by atoms with van der Waals surface area (Å²) in [5, 5.41) is 0. The molecule has 0 radical (unpaired) electrons. The molecule has 0 bridgehead atoms. The van der Waals surface area contributed by atoms with E-state index in [4.69, 9.17) is 18.9 Å². The first-order valence-corrected chi connectivity index (χ1v) is 9.39. The summed E-state index contributed by atoms with van der Waals surface area (Å²) in [4.78, 5) is 39.2. The Morgan fingerprint density at radius 3 is 2.25 bits per heavy atom. The summed E-state index contributed by atoms with van der Waals surface area (Å²) in [7, 11) is 3.22. The number of hydrogen-bond donors (Lipinski definition) is 0. The first-order chi connectivity index (χ1) is 15.3. The minimum atomic E-state index is -2.16. The predicted octanol–water partition coefficient (Wildman–Crippen LogP) is 1.98. The maximum absolute atomic E-state index is 14.9. The molecule has 8 nitrogen and oxygen atoms in total. The Morgan fingerprint density at radius 2 is 1.66 bits per heavy atom. The Bertz CT molecular complexity index is 1110. The van der Waals surface area contributed by atoms with Gasteiger partial charge in [0, 0.05) is 5.56 Å². The van der Waals surface area contributed by atoms with Crippen LogP contribution in [0.25, 0.3) is 0 Å². The average Bonchev–Trinajstić information content (AvgIpc) is 2.82. The molecule has 2 aliphatic rings. The molecule has 166 valence electrons. The third-order valence-corrected chi connectivity index (χ3v) is 4.88. The van der Waals surface area contributed by atoms with E-state index in [1.165, 1.54) is 13.0 Å². The molecule has 9 heteroatoms. The zero-order valence-corrected chi connectivity index (χ0v) is 17.8. The van der Waals surface area contributed by atoms with Gasteiger partial charge >= 0.3 is 17.9 Å². The summed E-state index contributed by atoms with van der Waals surface area (Å²) in [6, 6.07) is 8.95. The summed E-state index contributed by atoms with van der Waals surface area (Å²) in [6.07, 6.45) is 0.849. The highest BCUT2D eigenvalue weighted by atomic mass is 19.1. The van der Waals surface area contributed by atoms with Crippen molar-refractivity contribution in [3.05, 3.63) is 70.8 Å². The van der Waals surface area contributed by atoms with Crippen LogP contribution in [0.3, 0.4) is 0 Å². The van der Waals surface area contributed by atoms with Crippen molar-refractivity contribution in [2.75, 3.05) is 21.3 Å². The molecule has 0 saturated heterocycles. The van der Waals surface area contributed by atoms with Crippen LogP contribution in [0, 0.1) is 11.8 Å². The molecule has 3 rings (SSSR count). The molecule has 0 aliphatic carbocycles. The number of benzene rings is 1. The number of carbonyl (C=O) groups excluding carboxylic acids is 3. The zero-order valence-electron chi connectivity index (χ0n) is 17.8. The first-order valence-electron chi connectivity index (χ1n) is 9.39. The smallest absolute Gasteiger partial charge is 0.355 e. The number of ether oxygens (including phenoxy) is 4. The summed E-state index contributed by atoms with van der Waals surface area (Å²) >= 11 is 0. The first kappa shape index (κ1) is 22.8. The highest BCUT2D eigenvalue weighted by Gasteiger charge is 2.56. The minimum absolute atomic E-state index is 0.133. The summed E-state index contributed by atoms with van der Waals surface area (Å²) in [5.74, 6) is 1.83. The number of fused-ring (bicyclic) bond motifs is 1. The number of hydrogen-bond acceptors (Lipinski definition) is 8. The van der Waals surface area contributed by atoms with Crippen LogP contribution in [0.2, 0.25) is 0 Å². The van der Waals surface area contributed by atoms with E-state index in [0.717, 1.165) is 32.3 Å². The SMILES string of the molecule is COC(=O)C1=C(C(=O)OC)C(C)(C(=O)OC)OC2C(F)=CC=C(C#Cc3ccccc3)N12. The fraction of sp³-hybridized carbons (Fsp3) is 0.261. The number of rotatable bonds is 3. The van der Waals surface area contributed by atoms with Crippen LogP contribution >= 0.6 is 0 Å². The second-order valence-corrected chi connectivity index (χ2v) is 6.79. The van der Waals surface area contributed by atoms with Crippen molar-refractivity contribution in [3.63, 3.8) is 0 Å². The molecule has 2 aliphatic heterocycles. The summed E-state index contributed by atoms with van der Waals surface area (Å²) in [5.41, 5.74) is -2.31. The molecule has 2 unspecified atom stereocenters. The van der Waals surface area contributed by atoms with Gasteiger partial charge in [-0.3, -0.25) is 4.90 Å². The number of carbonyl (C=O) groups is 3. The van der Waals surface area contributed by atoms with Gasteiger partial charge in [-0.15, -0.1) is 0 Å². The molecule has 0 spiro atoms. The van der Waals surface area contributed by atoms with E-state index in [0.29, 0.717) is 5.56 Å². The van der Waals surface area contributed by atoms with Crippen LogP contribution < -0.4 is 0 Å². The van der Waals surface area contributed by atoms with Gasteiger partial charge < -0.3 is 18.9 Å². The Hall–Kier alpha value is -3.90. The quantitative estimate of drug-likeness (QED) is 0.400. The molecule has 0 N–H and O–H groups in total. The molecule has 1 aromatic rings. The highest BCUT2D eigenvalue weighted by Crippen LogP contribution is 2.42. The summed E-state index contributed by atoms with van der Waals surface area (Å²) < 4.78 is 35.0. The molecule has 32 heavy (non-hydrogen) atoms. The van der Waals surface area contributed by atoms with E-state index in [2.05, 4.69) is 11.8 Å². The Labute approximate surface area is 183 Å². The van der Waals surface area contributed by atoms with Gasteiger partial charge in [0.15, 0.2) is 11.8 Å². The van der Waals surface area contributed by atoms with Crippen LogP contribution in [-0.2, 0) is 33.3 Å². The number of esters is 3. The Kier molecular flexibility index (Phi) is 6.46. The summed E-state index contributed by atoms with van der Waals surface area (Å²) in [6.45, 7) is 1.19. The lowest BCUT2D eigenvalue weighted by molar-refractivity contribution is -0.185. The second-order valence-electron chi connectivity index (χ2n) is 6.79. The van der Waals surface area contributed by atoms with Crippen LogP contribution in [0.1, 0.15) is 12.5 Å². The zero-order chi connectivity index (χ0) is 23.5. The number of allylic oxidation sites excluding steroid dienone is 3. The lowest BCUT2D eigenvalue weighted by atomic mass is 9.89. The van der Waals surface area contributed by atoms with Crippen molar-refractivity contribution < 1.29 is 37.7 Å². The van der Waals surface area contributed by atoms with Gasteiger partial charge in [0.1, 0.15) is 17.1 Å². The van der Waals surface area contributed by atoms with E-state index < -0.39 is 46.8 Å².